The number of tetrazole rings is 1. The third-order valence-electron chi connectivity index (χ3n) is 6.60. The van der Waals surface area contributed by atoms with Crippen molar-refractivity contribution >= 4 is 0 Å². The average Bonchev–Trinajstić information content (AvgIpc) is 3.40. The van der Waals surface area contributed by atoms with E-state index in [-0.39, 0.29) is 5.41 Å². The average molecular weight is 389 g/mol. The Kier molecular flexibility index (Phi) is 4.45. The topological polar surface area (TPSA) is 80.2 Å². The van der Waals surface area contributed by atoms with Crippen LogP contribution >= 0.6 is 0 Å². The van der Waals surface area contributed by atoms with Gasteiger partial charge in [0.1, 0.15) is 0 Å². The molecule has 0 spiro atoms. The first kappa shape index (κ1) is 18.4. The molecule has 1 N–H and O–H groups in total. The quantitative estimate of drug-likeness (QED) is 0.697. The highest BCUT2D eigenvalue weighted by Gasteiger charge is 2.34. The first-order chi connectivity index (χ1) is 14.0. The van der Waals surface area contributed by atoms with E-state index in [1.54, 1.807) is 0 Å². The largest absolute Gasteiger partial charge is 0.262 e. The Hall–Kier alpha value is -2.63. The molecule has 150 valence electrons. The molecule has 1 saturated carbocycles. The minimum absolute atomic E-state index is 0.259. The maximum atomic E-state index is 5.29. The molecule has 29 heavy (non-hydrogen) atoms. The number of hydrogen-bond donors (Lipinski definition) is 1. The molecule has 0 aliphatic heterocycles. The molecule has 2 aliphatic rings. The highest BCUT2D eigenvalue weighted by Crippen LogP contribution is 2.47. The van der Waals surface area contributed by atoms with Crippen LogP contribution in [0.4, 0.5) is 0 Å². The van der Waals surface area contributed by atoms with Crippen molar-refractivity contribution in [1.29, 1.82) is 0 Å². The van der Waals surface area contributed by atoms with Crippen LogP contribution in [0.15, 0.2) is 18.3 Å². The van der Waals surface area contributed by atoms with Crippen LogP contribution in [-0.2, 0) is 12.8 Å². The molecule has 1 fully saturated rings. The molecule has 6 nitrogen and oxygen atoms in total. The van der Waals surface area contributed by atoms with Crippen LogP contribution in [0.2, 0.25) is 0 Å². The summed E-state index contributed by atoms with van der Waals surface area (Å²) in [6, 6.07) is 4.30. The van der Waals surface area contributed by atoms with Crippen LogP contribution in [0.3, 0.4) is 0 Å². The fourth-order valence-corrected chi connectivity index (χ4v) is 5.12. The van der Waals surface area contributed by atoms with Gasteiger partial charge in [0.15, 0.2) is 0 Å². The van der Waals surface area contributed by atoms with E-state index in [1.165, 1.54) is 60.2 Å². The van der Waals surface area contributed by atoms with Crippen molar-refractivity contribution in [3.63, 3.8) is 0 Å². The van der Waals surface area contributed by atoms with Gasteiger partial charge in [-0.1, -0.05) is 26.7 Å². The molecule has 0 saturated heterocycles. The number of rotatable bonds is 3. The molecule has 0 unspecified atom stereocenters. The summed E-state index contributed by atoms with van der Waals surface area (Å²) in [5, 5.41) is 15.4. The van der Waals surface area contributed by atoms with Crippen molar-refractivity contribution in [2.24, 2.45) is 5.41 Å². The maximum absolute atomic E-state index is 5.29. The molecular formula is C23H28N6. The minimum atomic E-state index is 0.259. The minimum Gasteiger partial charge on any atom is -0.262 e. The lowest BCUT2D eigenvalue weighted by molar-refractivity contribution is 0.312. The van der Waals surface area contributed by atoms with E-state index in [0.717, 1.165) is 24.1 Å². The van der Waals surface area contributed by atoms with E-state index < -0.39 is 0 Å². The van der Waals surface area contributed by atoms with Gasteiger partial charge < -0.3 is 0 Å². The second kappa shape index (κ2) is 7.01. The Morgan fingerprint density at radius 1 is 1.14 bits per heavy atom. The van der Waals surface area contributed by atoms with Gasteiger partial charge in [-0.2, -0.15) is 5.21 Å². The predicted molar refractivity (Wildman–Crippen MR) is 112 cm³/mol. The van der Waals surface area contributed by atoms with Gasteiger partial charge in [-0.25, -0.2) is 0 Å². The van der Waals surface area contributed by atoms with Gasteiger partial charge >= 0.3 is 0 Å². The van der Waals surface area contributed by atoms with E-state index in [4.69, 9.17) is 4.98 Å². The molecule has 5 rings (SSSR count). The standard InChI is InChI=1S/C23H28N6/c1-14-12-16(9-11-24-14)19-17-13-23(2,3)10-8-18(17)25-21(15-6-4-5-7-15)20(19)22-26-28-29-27-22/h9,11-12,15H,4-8,10,13H2,1-3H3,(H,26,27,28,29). The van der Waals surface area contributed by atoms with Gasteiger partial charge in [0.2, 0.25) is 5.82 Å². The van der Waals surface area contributed by atoms with Gasteiger partial charge in [-0.05, 0) is 78.5 Å². The van der Waals surface area contributed by atoms with Gasteiger partial charge in [0, 0.05) is 23.5 Å². The summed E-state index contributed by atoms with van der Waals surface area (Å²) in [6.07, 6.45) is 10.0. The van der Waals surface area contributed by atoms with Crippen molar-refractivity contribution < 1.29 is 0 Å². The third-order valence-corrected chi connectivity index (χ3v) is 6.60. The smallest absolute Gasteiger partial charge is 0.207 e. The lowest BCUT2D eigenvalue weighted by atomic mass is 9.72. The van der Waals surface area contributed by atoms with Gasteiger partial charge in [0.25, 0.3) is 0 Å². The van der Waals surface area contributed by atoms with Gasteiger partial charge in [-0.3, -0.25) is 9.97 Å². The lowest BCUT2D eigenvalue weighted by Crippen LogP contribution is -2.25. The molecule has 0 radical (unpaired) electrons. The van der Waals surface area contributed by atoms with E-state index in [9.17, 15) is 0 Å². The van der Waals surface area contributed by atoms with E-state index in [0.29, 0.717) is 11.7 Å². The zero-order valence-electron chi connectivity index (χ0n) is 17.5. The highest BCUT2D eigenvalue weighted by atomic mass is 15.5. The zero-order valence-corrected chi connectivity index (χ0v) is 17.5. The maximum Gasteiger partial charge on any atom is 0.207 e. The third kappa shape index (κ3) is 3.34. The fraction of sp³-hybridized carbons (Fsp3) is 0.522. The molecule has 0 atom stereocenters. The van der Waals surface area contributed by atoms with Crippen molar-refractivity contribution in [1.82, 2.24) is 30.6 Å². The number of hydrogen-bond acceptors (Lipinski definition) is 5. The normalized spacial score (nSPS) is 18.7. The molecule has 0 bridgehead atoms. The number of H-pyrrole nitrogens is 1. The van der Waals surface area contributed by atoms with Crippen LogP contribution in [0.25, 0.3) is 22.5 Å². The molecule has 3 aromatic heterocycles. The Labute approximate surface area is 171 Å². The molecule has 0 aromatic carbocycles. The predicted octanol–water partition coefficient (Wildman–Crippen LogP) is 4.80. The van der Waals surface area contributed by atoms with E-state index in [2.05, 4.69) is 51.6 Å². The second-order valence-electron chi connectivity index (χ2n) is 9.42. The summed E-state index contributed by atoms with van der Waals surface area (Å²) in [4.78, 5) is 9.72. The Morgan fingerprint density at radius 3 is 2.69 bits per heavy atom. The van der Waals surface area contributed by atoms with E-state index >= 15 is 0 Å². The van der Waals surface area contributed by atoms with Crippen LogP contribution in [0, 0.1) is 12.3 Å². The van der Waals surface area contributed by atoms with Crippen molar-refractivity contribution in [3.8, 4) is 22.5 Å². The lowest BCUT2D eigenvalue weighted by Gasteiger charge is -2.34. The number of aromatic amines is 1. The van der Waals surface area contributed by atoms with Gasteiger partial charge in [0.05, 0.1) is 11.3 Å². The van der Waals surface area contributed by atoms with Crippen molar-refractivity contribution in [2.45, 2.75) is 71.6 Å². The Morgan fingerprint density at radius 2 is 1.97 bits per heavy atom. The summed E-state index contributed by atoms with van der Waals surface area (Å²) in [7, 11) is 0. The number of pyridine rings is 2. The number of fused-ring (bicyclic) bond motifs is 1. The van der Waals surface area contributed by atoms with Crippen molar-refractivity contribution in [3.05, 3.63) is 41.0 Å². The van der Waals surface area contributed by atoms with Crippen molar-refractivity contribution in [2.75, 3.05) is 0 Å². The number of aromatic nitrogens is 6. The molecule has 3 aromatic rings. The van der Waals surface area contributed by atoms with Crippen LogP contribution in [-0.4, -0.2) is 30.6 Å². The summed E-state index contributed by atoms with van der Waals surface area (Å²) >= 11 is 0. The number of nitrogens with one attached hydrogen (secondary N) is 1. The van der Waals surface area contributed by atoms with Gasteiger partial charge in [-0.15, -0.1) is 10.2 Å². The monoisotopic (exact) mass is 388 g/mol. The number of nitrogens with zero attached hydrogens (tertiary/aromatic N) is 5. The Bertz CT molecular complexity index is 1030. The SMILES string of the molecule is Cc1cc(-c2c3c(nc(C4CCCC4)c2-c2nn[nH]n2)CCC(C)(C)C3)ccn1. The molecule has 0 amide bonds. The molecule has 2 aliphatic carbocycles. The first-order valence-electron chi connectivity index (χ1n) is 10.7. The first-order valence-corrected chi connectivity index (χ1v) is 10.7. The van der Waals surface area contributed by atoms with E-state index in [1.807, 2.05) is 13.1 Å². The van der Waals surface area contributed by atoms with Crippen LogP contribution in [0.1, 0.15) is 74.5 Å². The van der Waals surface area contributed by atoms with Crippen LogP contribution < -0.4 is 0 Å². The molecule has 6 heteroatoms. The van der Waals surface area contributed by atoms with Crippen LogP contribution in [0.5, 0.6) is 0 Å². The fourth-order valence-electron chi connectivity index (χ4n) is 5.12. The summed E-state index contributed by atoms with van der Waals surface area (Å²) in [6.45, 7) is 6.76. The summed E-state index contributed by atoms with van der Waals surface area (Å²) in [5.74, 6) is 1.14. The highest BCUT2D eigenvalue weighted by molar-refractivity contribution is 5.85. The zero-order chi connectivity index (χ0) is 20.0. The second-order valence-corrected chi connectivity index (χ2v) is 9.42. The summed E-state index contributed by atoms with van der Waals surface area (Å²) < 4.78 is 0. The number of aryl methyl sites for hydroxylation is 2. The Balaban J connectivity index is 1.84. The summed E-state index contributed by atoms with van der Waals surface area (Å²) in [5.41, 5.74) is 8.58. The molecule has 3 heterocycles. The molecular weight excluding hydrogens is 360 g/mol.